The zero-order valence-electron chi connectivity index (χ0n) is 11.4. The molecule has 0 saturated heterocycles. The zero-order chi connectivity index (χ0) is 13.9. The molecular formula is C14H17FN4O. The minimum absolute atomic E-state index is 0.313. The van der Waals surface area contributed by atoms with Crippen molar-refractivity contribution in [1.29, 1.82) is 0 Å². The van der Waals surface area contributed by atoms with Gasteiger partial charge in [-0.1, -0.05) is 0 Å². The summed E-state index contributed by atoms with van der Waals surface area (Å²) in [7, 11) is 1.53. The Bertz CT molecular complexity index is 611. The lowest BCUT2D eigenvalue weighted by molar-refractivity contribution is 0.413. The first-order chi connectivity index (χ1) is 9.78. The SMILES string of the molecule is COc1cc(F)ccc1NCc1nnc2n1CCCC2. The largest absolute Gasteiger partial charge is 0.494 e. The van der Waals surface area contributed by atoms with Crippen molar-refractivity contribution in [1.82, 2.24) is 14.8 Å². The maximum Gasteiger partial charge on any atom is 0.152 e. The van der Waals surface area contributed by atoms with Crippen molar-refractivity contribution >= 4 is 5.69 Å². The molecule has 1 aliphatic rings. The lowest BCUT2D eigenvalue weighted by Gasteiger charge is -2.16. The van der Waals surface area contributed by atoms with E-state index in [4.69, 9.17) is 4.74 Å². The molecule has 0 saturated carbocycles. The molecule has 0 spiro atoms. The molecule has 1 aromatic heterocycles. The van der Waals surface area contributed by atoms with Crippen LogP contribution in [-0.4, -0.2) is 21.9 Å². The van der Waals surface area contributed by atoms with Gasteiger partial charge < -0.3 is 14.6 Å². The molecule has 0 bridgehead atoms. The first-order valence-electron chi connectivity index (χ1n) is 6.76. The summed E-state index contributed by atoms with van der Waals surface area (Å²) >= 11 is 0. The third-order valence-corrected chi connectivity index (χ3v) is 3.54. The Balaban J connectivity index is 1.75. The Morgan fingerprint density at radius 1 is 1.35 bits per heavy atom. The van der Waals surface area contributed by atoms with Crippen molar-refractivity contribution in [2.75, 3.05) is 12.4 Å². The van der Waals surface area contributed by atoms with Gasteiger partial charge in [-0.3, -0.25) is 0 Å². The van der Waals surface area contributed by atoms with Gasteiger partial charge in [0.1, 0.15) is 17.4 Å². The maximum atomic E-state index is 13.1. The van der Waals surface area contributed by atoms with E-state index >= 15 is 0 Å². The molecule has 0 atom stereocenters. The third-order valence-electron chi connectivity index (χ3n) is 3.54. The molecule has 0 aliphatic carbocycles. The fraction of sp³-hybridized carbons (Fsp3) is 0.429. The smallest absolute Gasteiger partial charge is 0.152 e. The van der Waals surface area contributed by atoms with Gasteiger partial charge in [0.2, 0.25) is 0 Å². The molecule has 2 heterocycles. The van der Waals surface area contributed by atoms with Crippen LogP contribution in [0.4, 0.5) is 10.1 Å². The number of ether oxygens (including phenoxy) is 1. The van der Waals surface area contributed by atoms with E-state index < -0.39 is 0 Å². The average Bonchev–Trinajstić information content (AvgIpc) is 2.89. The van der Waals surface area contributed by atoms with E-state index in [9.17, 15) is 4.39 Å². The molecule has 3 rings (SSSR count). The summed E-state index contributed by atoms with van der Waals surface area (Å²) in [5, 5.41) is 11.7. The molecule has 1 aromatic carbocycles. The van der Waals surface area contributed by atoms with Crippen molar-refractivity contribution in [2.24, 2.45) is 0 Å². The van der Waals surface area contributed by atoms with E-state index in [0.717, 1.165) is 36.7 Å². The third kappa shape index (κ3) is 2.45. The summed E-state index contributed by atoms with van der Waals surface area (Å²) in [6, 6.07) is 4.44. The first-order valence-corrected chi connectivity index (χ1v) is 6.76. The van der Waals surface area contributed by atoms with E-state index in [1.807, 2.05) is 0 Å². The van der Waals surface area contributed by atoms with Gasteiger partial charge in [-0.05, 0) is 25.0 Å². The Labute approximate surface area is 116 Å². The second-order valence-electron chi connectivity index (χ2n) is 4.84. The average molecular weight is 276 g/mol. The van der Waals surface area contributed by atoms with Crippen molar-refractivity contribution in [3.63, 3.8) is 0 Å². The standard InChI is InChI=1S/C14H17FN4O/c1-20-12-8-10(15)5-6-11(12)16-9-14-18-17-13-4-2-3-7-19(13)14/h5-6,8,16H,2-4,7,9H2,1H3. The highest BCUT2D eigenvalue weighted by atomic mass is 19.1. The lowest BCUT2D eigenvalue weighted by Crippen LogP contribution is -2.15. The van der Waals surface area contributed by atoms with Crippen LogP contribution in [0, 0.1) is 5.82 Å². The lowest BCUT2D eigenvalue weighted by atomic mass is 10.2. The number of aromatic nitrogens is 3. The van der Waals surface area contributed by atoms with E-state index in [0.29, 0.717) is 12.3 Å². The van der Waals surface area contributed by atoms with Gasteiger partial charge in [-0.2, -0.15) is 0 Å². The number of fused-ring (bicyclic) bond motifs is 1. The number of anilines is 1. The molecule has 0 unspecified atom stereocenters. The van der Waals surface area contributed by atoms with Crippen molar-refractivity contribution < 1.29 is 9.13 Å². The molecule has 106 valence electrons. The van der Waals surface area contributed by atoms with Crippen LogP contribution >= 0.6 is 0 Å². The summed E-state index contributed by atoms with van der Waals surface area (Å²) in [6.45, 7) is 1.52. The van der Waals surface area contributed by atoms with Crippen LogP contribution in [0.5, 0.6) is 5.75 Å². The van der Waals surface area contributed by atoms with Gasteiger partial charge in [0.15, 0.2) is 5.82 Å². The van der Waals surface area contributed by atoms with E-state index in [2.05, 4.69) is 20.1 Å². The van der Waals surface area contributed by atoms with Crippen LogP contribution in [-0.2, 0) is 19.5 Å². The number of hydrogen-bond donors (Lipinski definition) is 1. The van der Waals surface area contributed by atoms with Gasteiger partial charge in [0, 0.05) is 19.0 Å². The predicted molar refractivity (Wildman–Crippen MR) is 73.2 cm³/mol. The first kappa shape index (κ1) is 12.9. The molecule has 6 heteroatoms. The molecule has 1 aliphatic heterocycles. The molecule has 20 heavy (non-hydrogen) atoms. The molecule has 0 radical (unpaired) electrons. The van der Waals surface area contributed by atoms with Crippen LogP contribution in [0.25, 0.3) is 0 Å². The topological polar surface area (TPSA) is 52.0 Å². The highest BCUT2D eigenvalue weighted by Gasteiger charge is 2.15. The van der Waals surface area contributed by atoms with E-state index in [-0.39, 0.29) is 5.82 Å². The Hall–Kier alpha value is -2.11. The monoisotopic (exact) mass is 276 g/mol. The molecule has 5 nitrogen and oxygen atoms in total. The van der Waals surface area contributed by atoms with Crippen LogP contribution in [0.3, 0.4) is 0 Å². The number of hydrogen-bond acceptors (Lipinski definition) is 4. The number of methoxy groups -OCH3 is 1. The number of nitrogens with one attached hydrogen (secondary N) is 1. The molecular weight excluding hydrogens is 259 g/mol. The quantitative estimate of drug-likeness (QED) is 0.931. The Morgan fingerprint density at radius 3 is 3.10 bits per heavy atom. The van der Waals surface area contributed by atoms with Crippen LogP contribution < -0.4 is 10.1 Å². The number of rotatable bonds is 4. The fourth-order valence-electron chi connectivity index (χ4n) is 2.48. The van der Waals surface area contributed by atoms with Gasteiger partial charge in [0.05, 0.1) is 19.3 Å². The van der Waals surface area contributed by atoms with Crippen molar-refractivity contribution in [2.45, 2.75) is 32.4 Å². The fourth-order valence-corrected chi connectivity index (χ4v) is 2.48. The van der Waals surface area contributed by atoms with Gasteiger partial charge in [-0.25, -0.2) is 4.39 Å². The minimum atomic E-state index is -0.313. The number of benzene rings is 1. The minimum Gasteiger partial charge on any atom is -0.494 e. The Kier molecular flexibility index (Phi) is 3.54. The van der Waals surface area contributed by atoms with Crippen LogP contribution in [0.15, 0.2) is 18.2 Å². The molecule has 0 amide bonds. The summed E-state index contributed by atoms with van der Waals surface area (Å²) in [5.74, 6) is 2.14. The van der Waals surface area contributed by atoms with Crippen molar-refractivity contribution in [3.05, 3.63) is 35.7 Å². The van der Waals surface area contributed by atoms with Crippen LogP contribution in [0.1, 0.15) is 24.5 Å². The zero-order valence-corrected chi connectivity index (χ0v) is 11.4. The van der Waals surface area contributed by atoms with E-state index in [1.54, 1.807) is 6.07 Å². The highest BCUT2D eigenvalue weighted by Crippen LogP contribution is 2.25. The number of aryl methyl sites for hydroxylation is 1. The second kappa shape index (κ2) is 5.48. The van der Waals surface area contributed by atoms with Gasteiger partial charge in [0.25, 0.3) is 0 Å². The summed E-state index contributed by atoms with van der Waals surface area (Å²) in [4.78, 5) is 0. The van der Waals surface area contributed by atoms with E-state index in [1.165, 1.54) is 25.7 Å². The highest BCUT2D eigenvalue weighted by molar-refractivity contribution is 5.56. The predicted octanol–water partition coefficient (Wildman–Crippen LogP) is 2.37. The summed E-state index contributed by atoms with van der Waals surface area (Å²) < 4.78 is 20.5. The molecule has 0 fully saturated rings. The summed E-state index contributed by atoms with van der Waals surface area (Å²) in [6.07, 6.45) is 3.34. The van der Waals surface area contributed by atoms with Crippen LogP contribution in [0.2, 0.25) is 0 Å². The number of halogens is 1. The number of nitrogens with zero attached hydrogens (tertiary/aromatic N) is 3. The van der Waals surface area contributed by atoms with Gasteiger partial charge >= 0.3 is 0 Å². The summed E-state index contributed by atoms with van der Waals surface area (Å²) in [5.41, 5.74) is 0.752. The molecule has 1 N–H and O–H groups in total. The van der Waals surface area contributed by atoms with Crippen molar-refractivity contribution in [3.8, 4) is 5.75 Å². The second-order valence-corrected chi connectivity index (χ2v) is 4.84. The van der Waals surface area contributed by atoms with Gasteiger partial charge in [-0.15, -0.1) is 10.2 Å². The Morgan fingerprint density at radius 2 is 2.25 bits per heavy atom. The maximum absolute atomic E-state index is 13.1. The molecule has 2 aromatic rings. The normalized spacial score (nSPS) is 13.9.